The predicted molar refractivity (Wildman–Crippen MR) is 80.3 cm³/mol. The Labute approximate surface area is 137 Å². The minimum atomic E-state index is -4.07. The Kier molecular flexibility index (Phi) is 5.30. The van der Waals surface area contributed by atoms with E-state index in [1.165, 1.54) is 12.1 Å². The number of aromatic nitrogens is 2. The minimum Gasteiger partial charge on any atom is -0.478 e. The van der Waals surface area contributed by atoms with Crippen LogP contribution in [0.15, 0.2) is 35.5 Å². The number of halogens is 2. The van der Waals surface area contributed by atoms with Crippen LogP contribution in [0.3, 0.4) is 0 Å². The SMILES string of the molecule is CCc1ccc(S(=O)(=O)NCc2nccn2C(F)F)cc1C(=O)O. The summed E-state index contributed by atoms with van der Waals surface area (Å²) in [7, 11) is -4.07. The van der Waals surface area contributed by atoms with Crippen molar-refractivity contribution in [2.45, 2.75) is 31.3 Å². The normalized spacial score (nSPS) is 11.8. The Morgan fingerprint density at radius 1 is 1.42 bits per heavy atom. The Hall–Kier alpha value is -2.33. The van der Waals surface area contributed by atoms with Crippen LogP contribution in [0.5, 0.6) is 0 Å². The van der Waals surface area contributed by atoms with E-state index in [9.17, 15) is 22.0 Å². The van der Waals surface area contributed by atoms with Gasteiger partial charge in [-0.3, -0.25) is 4.57 Å². The van der Waals surface area contributed by atoms with E-state index in [1.807, 2.05) is 0 Å². The highest BCUT2D eigenvalue weighted by Crippen LogP contribution is 2.18. The zero-order chi connectivity index (χ0) is 17.9. The topological polar surface area (TPSA) is 101 Å². The lowest BCUT2D eigenvalue weighted by Crippen LogP contribution is -2.25. The second kappa shape index (κ2) is 7.05. The standard InChI is InChI=1S/C14H15F2N3O4S/c1-2-9-3-4-10(7-11(9)13(20)21)24(22,23)18-8-12-17-5-6-19(12)14(15)16/h3-7,14,18H,2,8H2,1H3,(H,20,21). The molecule has 0 aliphatic heterocycles. The van der Waals surface area contributed by atoms with Gasteiger partial charge in [0, 0.05) is 12.4 Å². The van der Waals surface area contributed by atoms with E-state index in [1.54, 1.807) is 6.92 Å². The molecule has 0 amide bonds. The Morgan fingerprint density at radius 3 is 2.71 bits per heavy atom. The van der Waals surface area contributed by atoms with Crippen LogP contribution in [0.4, 0.5) is 8.78 Å². The number of carbonyl (C=O) groups is 1. The van der Waals surface area contributed by atoms with Crippen molar-refractivity contribution in [3.63, 3.8) is 0 Å². The molecule has 2 rings (SSSR count). The zero-order valence-electron chi connectivity index (χ0n) is 12.6. The molecule has 0 aliphatic rings. The number of carboxylic acids is 1. The highest BCUT2D eigenvalue weighted by Gasteiger charge is 2.20. The molecule has 0 unspecified atom stereocenters. The lowest BCUT2D eigenvalue weighted by molar-refractivity contribution is 0.0666. The number of nitrogens with one attached hydrogen (secondary N) is 1. The number of carboxylic acid groups (broad SMARTS) is 1. The molecule has 0 fully saturated rings. The van der Waals surface area contributed by atoms with Gasteiger partial charge in [-0.2, -0.15) is 8.78 Å². The number of hydrogen-bond donors (Lipinski definition) is 2. The van der Waals surface area contributed by atoms with Gasteiger partial charge in [0.15, 0.2) is 0 Å². The number of imidazole rings is 1. The van der Waals surface area contributed by atoms with Gasteiger partial charge in [-0.1, -0.05) is 13.0 Å². The van der Waals surface area contributed by atoms with Gasteiger partial charge in [0.05, 0.1) is 17.0 Å². The van der Waals surface area contributed by atoms with Crippen molar-refractivity contribution in [3.8, 4) is 0 Å². The molecule has 0 radical (unpaired) electrons. The van der Waals surface area contributed by atoms with E-state index in [0.717, 1.165) is 18.5 Å². The second-order valence-corrected chi connectivity index (χ2v) is 6.60. The monoisotopic (exact) mass is 359 g/mol. The van der Waals surface area contributed by atoms with Crippen molar-refractivity contribution < 1.29 is 27.1 Å². The molecular weight excluding hydrogens is 344 g/mol. The minimum absolute atomic E-state index is 0.116. The smallest absolute Gasteiger partial charge is 0.336 e. The third-order valence-corrected chi connectivity index (χ3v) is 4.78. The van der Waals surface area contributed by atoms with Crippen LogP contribution in [0.1, 0.15) is 35.2 Å². The van der Waals surface area contributed by atoms with Gasteiger partial charge in [-0.15, -0.1) is 0 Å². The van der Waals surface area contributed by atoms with Gasteiger partial charge in [0.2, 0.25) is 10.0 Å². The molecule has 1 aromatic heterocycles. The van der Waals surface area contributed by atoms with Crippen LogP contribution in [-0.4, -0.2) is 29.0 Å². The number of aryl methyl sites for hydroxylation is 1. The van der Waals surface area contributed by atoms with Crippen LogP contribution in [0.25, 0.3) is 0 Å². The number of alkyl halides is 2. The Bertz CT molecular complexity index is 849. The van der Waals surface area contributed by atoms with Crippen molar-refractivity contribution >= 4 is 16.0 Å². The first-order valence-electron chi connectivity index (χ1n) is 6.92. The van der Waals surface area contributed by atoms with Gasteiger partial charge in [0.25, 0.3) is 0 Å². The first-order valence-corrected chi connectivity index (χ1v) is 8.40. The third kappa shape index (κ3) is 3.77. The fourth-order valence-corrected chi connectivity index (χ4v) is 3.14. The molecular formula is C14H15F2N3O4S. The van der Waals surface area contributed by atoms with Crippen LogP contribution in [0, 0.1) is 0 Å². The number of aromatic carboxylic acids is 1. The number of benzene rings is 1. The molecule has 10 heteroatoms. The van der Waals surface area contributed by atoms with Crippen LogP contribution in [-0.2, 0) is 23.0 Å². The van der Waals surface area contributed by atoms with E-state index in [2.05, 4.69) is 9.71 Å². The maximum Gasteiger partial charge on any atom is 0.336 e. The molecule has 0 saturated carbocycles. The molecule has 24 heavy (non-hydrogen) atoms. The zero-order valence-corrected chi connectivity index (χ0v) is 13.4. The fourth-order valence-electron chi connectivity index (χ4n) is 2.13. The van der Waals surface area contributed by atoms with Gasteiger partial charge in [-0.05, 0) is 24.1 Å². The number of rotatable bonds is 7. The summed E-state index contributed by atoms with van der Waals surface area (Å²) in [6.45, 7) is -1.54. The van der Waals surface area contributed by atoms with E-state index in [4.69, 9.17) is 5.11 Å². The van der Waals surface area contributed by atoms with Crippen LogP contribution in [0.2, 0.25) is 0 Å². The van der Waals surface area contributed by atoms with Crippen molar-refractivity contribution in [1.82, 2.24) is 14.3 Å². The van der Waals surface area contributed by atoms with E-state index >= 15 is 0 Å². The second-order valence-electron chi connectivity index (χ2n) is 4.83. The molecule has 0 atom stereocenters. The fraction of sp³-hybridized carbons (Fsp3) is 0.286. The first-order chi connectivity index (χ1) is 11.3. The summed E-state index contributed by atoms with van der Waals surface area (Å²) in [6.07, 6.45) is 2.60. The summed E-state index contributed by atoms with van der Waals surface area (Å²) >= 11 is 0. The molecule has 0 saturated heterocycles. The maximum absolute atomic E-state index is 12.7. The summed E-state index contributed by atoms with van der Waals surface area (Å²) in [5, 5.41) is 9.15. The van der Waals surface area contributed by atoms with Crippen molar-refractivity contribution in [3.05, 3.63) is 47.5 Å². The Morgan fingerprint density at radius 2 is 2.12 bits per heavy atom. The molecule has 0 aliphatic carbocycles. The van der Waals surface area contributed by atoms with E-state index < -0.39 is 29.1 Å². The summed E-state index contributed by atoms with van der Waals surface area (Å²) in [5.74, 6) is -1.39. The van der Waals surface area contributed by atoms with Gasteiger partial charge in [0.1, 0.15) is 5.82 Å². The van der Waals surface area contributed by atoms with Crippen molar-refractivity contribution in [2.24, 2.45) is 0 Å². The molecule has 0 spiro atoms. The summed E-state index contributed by atoms with van der Waals surface area (Å²) in [5.41, 5.74) is 0.379. The van der Waals surface area contributed by atoms with Gasteiger partial charge in [-0.25, -0.2) is 22.9 Å². The number of hydrogen-bond acceptors (Lipinski definition) is 4. The van der Waals surface area contributed by atoms with Gasteiger partial charge >= 0.3 is 12.5 Å². The van der Waals surface area contributed by atoms with Crippen LogP contribution >= 0.6 is 0 Å². The molecule has 130 valence electrons. The van der Waals surface area contributed by atoms with E-state index in [-0.39, 0.29) is 16.3 Å². The largest absolute Gasteiger partial charge is 0.478 e. The average Bonchev–Trinajstić information content (AvgIpc) is 3.01. The van der Waals surface area contributed by atoms with Crippen molar-refractivity contribution in [2.75, 3.05) is 0 Å². The van der Waals surface area contributed by atoms with E-state index in [0.29, 0.717) is 16.6 Å². The summed E-state index contributed by atoms with van der Waals surface area (Å²) in [6, 6.07) is 3.73. The predicted octanol–water partition coefficient (Wildman–Crippen LogP) is 2.02. The molecule has 0 bridgehead atoms. The lowest BCUT2D eigenvalue weighted by Gasteiger charge is -2.10. The van der Waals surface area contributed by atoms with Crippen LogP contribution < -0.4 is 4.72 Å². The number of nitrogens with zero attached hydrogens (tertiary/aromatic N) is 2. The summed E-state index contributed by atoms with van der Waals surface area (Å²) < 4.78 is 52.6. The summed E-state index contributed by atoms with van der Waals surface area (Å²) in [4.78, 5) is 14.6. The highest BCUT2D eigenvalue weighted by atomic mass is 32.2. The van der Waals surface area contributed by atoms with Gasteiger partial charge < -0.3 is 5.11 Å². The molecule has 2 aromatic rings. The number of sulfonamides is 1. The first kappa shape index (κ1) is 18.0. The lowest BCUT2D eigenvalue weighted by atomic mass is 10.1. The maximum atomic E-state index is 12.7. The Balaban J connectivity index is 2.26. The third-order valence-electron chi connectivity index (χ3n) is 3.38. The molecule has 7 nitrogen and oxygen atoms in total. The average molecular weight is 359 g/mol. The molecule has 2 N–H and O–H groups in total. The van der Waals surface area contributed by atoms with Crippen molar-refractivity contribution in [1.29, 1.82) is 0 Å². The molecule has 1 aromatic carbocycles. The molecule has 1 heterocycles. The highest BCUT2D eigenvalue weighted by molar-refractivity contribution is 7.89. The quantitative estimate of drug-likeness (QED) is 0.788.